The van der Waals surface area contributed by atoms with E-state index in [2.05, 4.69) is 0 Å². The monoisotopic (exact) mass is 325 g/mol. The fourth-order valence-corrected chi connectivity index (χ4v) is 6.23. The van der Waals surface area contributed by atoms with Gasteiger partial charge in [0.05, 0.1) is 0 Å². The predicted molar refractivity (Wildman–Crippen MR) is 98.1 cm³/mol. The fourth-order valence-electron chi connectivity index (χ4n) is 4.89. The van der Waals surface area contributed by atoms with Crippen molar-refractivity contribution in [3.63, 3.8) is 0 Å². The van der Waals surface area contributed by atoms with Crippen LogP contribution in [0.4, 0.5) is 0 Å². The van der Waals surface area contributed by atoms with E-state index in [0.29, 0.717) is 9.76 Å². The molecule has 0 bridgehead atoms. The number of hydrogen-bond donors (Lipinski definition) is 0. The van der Waals surface area contributed by atoms with Gasteiger partial charge in [0.2, 0.25) is 0 Å². The normalized spacial score (nSPS) is 23.3. The van der Waals surface area contributed by atoms with E-state index in [1.807, 2.05) is 0 Å². The molecule has 0 atom stereocenters. The highest BCUT2D eigenvalue weighted by atomic mass is 28.3. The van der Waals surface area contributed by atoms with Crippen molar-refractivity contribution in [1.29, 1.82) is 0 Å². The first-order chi connectivity index (χ1) is 10.4. The smallest absolute Gasteiger partial charge is 0.177 e. The van der Waals surface area contributed by atoms with E-state index < -0.39 is 0 Å². The van der Waals surface area contributed by atoms with Crippen molar-refractivity contribution in [3.8, 4) is 0 Å². The summed E-state index contributed by atoms with van der Waals surface area (Å²) in [6.45, 7) is 0. The van der Waals surface area contributed by atoms with Crippen LogP contribution in [0.3, 0.4) is 0 Å². The first-order valence-corrected chi connectivity index (χ1v) is 11.9. The van der Waals surface area contributed by atoms with Crippen LogP contribution < -0.4 is 0 Å². The summed E-state index contributed by atoms with van der Waals surface area (Å²) in [4.78, 5) is 0. The Morgan fingerprint density at radius 3 is 1.71 bits per heavy atom. The molecule has 0 saturated heterocycles. The molecule has 0 amide bonds. The summed E-state index contributed by atoms with van der Waals surface area (Å²) in [6, 6.07) is 1.39. The summed E-state index contributed by atoms with van der Waals surface area (Å²) in [5.41, 5.74) is 0. The van der Waals surface area contributed by atoms with Crippen LogP contribution in [0.1, 0.15) is 89.9 Å². The largest absolute Gasteiger partial charge is 0.466 e. The van der Waals surface area contributed by atoms with Crippen molar-refractivity contribution in [2.45, 2.75) is 95.9 Å². The second-order valence-corrected chi connectivity index (χ2v) is 10.3. The van der Waals surface area contributed by atoms with Gasteiger partial charge >= 0.3 is 0 Å². The standard InChI is InChI=1S/C18H37OSi2/c20-19-21-15-9-14-18(16-10-5-1-2-6-11-16)17-12-7-3-4-8-13-17/h16-18,21H,1-15H2,20H3. The second kappa shape index (κ2) is 11.0. The minimum absolute atomic E-state index is 0.331. The van der Waals surface area contributed by atoms with Crippen molar-refractivity contribution >= 4 is 20.2 Å². The zero-order chi connectivity index (χ0) is 14.8. The third-order valence-corrected chi connectivity index (χ3v) is 8.01. The van der Waals surface area contributed by atoms with Crippen molar-refractivity contribution < 1.29 is 4.12 Å². The maximum Gasteiger partial charge on any atom is 0.177 e. The molecule has 0 heterocycles. The molecular formula is C18H37OSi2. The number of hydrogen-bond acceptors (Lipinski definition) is 1. The molecule has 2 saturated carbocycles. The molecular weight excluding hydrogens is 288 g/mol. The molecule has 2 aliphatic carbocycles. The summed E-state index contributed by atoms with van der Waals surface area (Å²) in [5.74, 6) is 3.21. The summed E-state index contributed by atoms with van der Waals surface area (Å²) >= 11 is 0. The fraction of sp³-hybridized carbons (Fsp3) is 1.00. The first kappa shape index (κ1) is 17.7. The van der Waals surface area contributed by atoms with E-state index >= 15 is 0 Å². The van der Waals surface area contributed by atoms with Gasteiger partial charge in [-0.3, -0.25) is 0 Å². The first-order valence-electron chi connectivity index (χ1n) is 9.76. The molecule has 0 aromatic heterocycles. The Kier molecular flexibility index (Phi) is 9.30. The molecule has 0 unspecified atom stereocenters. The maximum absolute atomic E-state index is 5.48. The second-order valence-electron chi connectivity index (χ2n) is 7.50. The number of rotatable bonds is 7. The summed E-state index contributed by atoms with van der Waals surface area (Å²) < 4.78 is 5.48. The predicted octanol–water partition coefficient (Wildman–Crippen LogP) is 4.39. The topological polar surface area (TPSA) is 9.23 Å². The Morgan fingerprint density at radius 1 is 0.810 bits per heavy atom. The van der Waals surface area contributed by atoms with E-state index in [9.17, 15) is 0 Å². The molecule has 0 aromatic rings. The van der Waals surface area contributed by atoms with E-state index in [1.165, 1.54) is 70.3 Å². The molecule has 0 aliphatic heterocycles. The summed E-state index contributed by atoms with van der Waals surface area (Å²) in [7, 11) is 1.28. The van der Waals surface area contributed by atoms with E-state index in [4.69, 9.17) is 4.12 Å². The molecule has 2 rings (SSSR count). The van der Waals surface area contributed by atoms with Crippen LogP contribution in [0.25, 0.3) is 0 Å². The molecule has 1 radical (unpaired) electrons. The Bertz CT molecular complexity index is 224. The van der Waals surface area contributed by atoms with Crippen LogP contribution in [0.2, 0.25) is 6.04 Å². The van der Waals surface area contributed by atoms with Crippen LogP contribution in [-0.4, -0.2) is 20.2 Å². The van der Waals surface area contributed by atoms with Gasteiger partial charge in [0.15, 0.2) is 9.76 Å². The van der Waals surface area contributed by atoms with Gasteiger partial charge in [0, 0.05) is 0 Å². The van der Waals surface area contributed by atoms with Gasteiger partial charge in [-0.05, 0) is 23.8 Å². The Balaban J connectivity index is 1.90. The molecule has 123 valence electrons. The minimum atomic E-state index is 0.331. The van der Waals surface area contributed by atoms with E-state index in [1.54, 1.807) is 25.7 Å². The lowest BCUT2D eigenvalue weighted by atomic mass is 9.72. The molecule has 1 nitrogen and oxygen atoms in total. The van der Waals surface area contributed by atoms with Crippen LogP contribution in [0, 0.1) is 17.8 Å². The quantitative estimate of drug-likeness (QED) is 0.383. The third-order valence-electron chi connectivity index (χ3n) is 6.04. The van der Waals surface area contributed by atoms with Crippen molar-refractivity contribution in [1.82, 2.24) is 0 Å². The molecule has 21 heavy (non-hydrogen) atoms. The molecule has 2 aliphatic rings. The Morgan fingerprint density at radius 2 is 1.29 bits per heavy atom. The lowest BCUT2D eigenvalue weighted by Gasteiger charge is -2.33. The van der Waals surface area contributed by atoms with E-state index in [0.717, 1.165) is 28.2 Å². The van der Waals surface area contributed by atoms with Crippen LogP contribution in [0.5, 0.6) is 0 Å². The highest BCUT2D eigenvalue weighted by molar-refractivity contribution is 6.34. The van der Waals surface area contributed by atoms with Gasteiger partial charge in [0.1, 0.15) is 10.5 Å². The van der Waals surface area contributed by atoms with Crippen LogP contribution in [0.15, 0.2) is 0 Å². The molecule has 2 fully saturated rings. The highest BCUT2D eigenvalue weighted by Gasteiger charge is 2.29. The van der Waals surface area contributed by atoms with Gasteiger partial charge in [-0.1, -0.05) is 89.9 Å². The van der Waals surface area contributed by atoms with Gasteiger partial charge in [-0.15, -0.1) is 0 Å². The lowest BCUT2D eigenvalue weighted by molar-refractivity contribution is 0.174. The average Bonchev–Trinajstić information content (AvgIpc) is 2.92. The molecule has 3 heteroatoms. The molecule has 0 spiro atoms. The zero-order valence-electron chi connectivity index (χ0n) is 14.3. The highest BCUT2D eigenvalue weighted by Crippen LogP contribution is 2.41. The van der Waals surface area contributed by atoms with Gasteiger partial charge in [-0.2, -0.15) is 0 Å². The van der Waals surface area contributed by atoms with Gasteiger partial charge < -0.3 is 4.12 Å². The van der Waals surface area contributed by atoms with Crippen molar-refractivity contribution in [2.75, 3.05) is 0 Å². The average molecular weight is 326 g/mol. The third kappa shape index (κ3) is 6.58. The summed E-state index contributed by atoms with van der Waals surface area (Å²) in [6.07, 6.45) is 21.3. The van der Waals surface area contributed by atoms with Crippen LogP contribution in [-0.2, 0) is 4.12 Å². The molecule has 0 N–H and O–H groups in total. The van der Waals surface area contributed by atoms with E-state index in [-0.39, 0.29) is 0 Å². The SMILES string of the molecule is [SiH3]O[SiH]CCCC(C1CCCCCC1)C1CCCCCC1. The Hall–Kier alpha value is 0.394. The lowest BCUT2D eigenvalue weighted by Crippen LogP contribution is -2.24. The van der Waals surface area contributed by atoms with Crippen LogP contribution >= 0.6 is 0 Å². The minimum Gasteiger partial charge on any atom is -0.466 e. The molecule has 0 aromatic carbocycles. The van der Waals surface area contributed by atoms with Crippen molar-refractivity contribution in [3.05, 3.63) is 0 Å². The van der Waals surface area contributed by atoms with Crippen molar-refractivity contribution in [2.24, 2.45) is 17.8 Å². The summed E-state index contributed by atoms with van der Waals surface area (Å²) in [5, 5.41) is 0. The zero-order valence-corrected chi connectivity index (χ0v) is 17.5. The van der Waals surface area contributed by atoms with Gasteiger partial charge in [-0.25, -0.2) is 0 Å². The maximum atomic E-state index is 5.48. The van der Waals surface area contributed by atoms with Gasteiger partial charge in [0.25, 0.3) is 0 Å². The Labute approximate surface area is 138 Å².